The quantitative estimate of drug-likeness (QED) is 0.818. The van der Waals surface area contributed by atoms with Gasteiger partial charge in [0.15, 0.2) is 0 Å². The maximum absolute atomic E-state index is 12.0. The molecule has 0 aromatic heterocycles. The summed E-state index contributed by atoms with van der Waals surface area (Å²) in [7, 11) is 0. The van der Waals surface area contributed by atoms with Crippen LogP contribution in [0, 0.1) is 6.92 Å². The lowest BCUT2D eigenvalue weighted by Crippen LogP contribution is -2.30. The number of halogens is 1. The van der Waals surface area contributed by atoms with Crippen molar-refractivity contribution in [2.24, 2.45) is 0 Å². The molecular formula is C18H19ClN2O2. The predicted molar refractivity (Wildman–Crippen MR) is 92.4 cm³/mol. The molecule has 2 amide bonds. The van der Waals surface area contributed by atoms with Crippen molar-refractivity contribution in [3.63, 3.8) is 0 Å². The van der Waals surface area contributed by atoms with E-state index >= 15 is 0 Å². The molecule has 0 radical (unpaired) electrons. The van der Waals surface area contributed by atoms with Crippen molar-refractivity contribution >= 4 is 29.1 Å². The Morgan fingerprint density at radius 1 is 1.09 bits per heavy atom. The first-order valence-corrected chi connectivity index (χ1v) is 7.74. The largest absolute Gasteiger partial charge is 0.349 e. The van der Waals surface area contributed by atoms with Crippen molar-refractivity contribution in [1.29, 1.82) is 0 Å². The Morgan fingerprint density at radius 2 is 1.78 bits per heavy atom. The van der Waals surface area contributed by atoms with Gasteiger partial charge in [-0.1, -0.05) is 48.0 Å². The van der Waals surface area contributed by atoms with Crippen molar-refractivity contribution in [3.8, 4) is 0 Å². The Bertz CT molecular complexity index is 701. The van der Waals surface area contributed by atoms with Crippen LogP contribution in [0.25, 0.3) is 0 Å². The van der Waals surface area contributed by atoms with Crippen molar-refractivity contribution < 1.29 is 9.59 Å². The number of anilines is 1. The fraction of sp³-hybridized carbons (Fsp3) is 0.222. The van der Waals surface area contributed by atoms with E-state index in [2.05, 4.69) is 10.6 Å². The van der Waals surface area contributed by atoms with E-state index in [1.165, 1.54) is 0 Å². The lowest BCUT2D eigenvalue weighted by Gasteiger charge is -2.14. The molecule has 0 aliphatic heterocycles. The molecule has 120 valence electrons. The minimum Gasteiger partial charge on any atom is -0.349 e. The number of aryl methyl sites for hydroxylation is 1. The molecule has 2 aromatic carbocycles. The average molecular weight is 331 g/mol. The molecule has 0 spiro atoms. The van der Waals surface area contributed by atoms with Crippen LogP contribution in [-0.4, -0.2) is 11.8 Å². The Hall–Kier alpha value is -2.33. The summed E-state index contributed by atoms with van der Waals surface area (Å²) in [4.78, 5) is 23.9. The average Bonchev–Trinajstić information content (AvgIpc) is 2.51. The van der Waals surface area contributed by atoms with Gasteiger partial charge in [0, 0.05) is 10.7 Å². The summed E-state index contributed by atoms with van der Waals surface area (Å²) >= 11 is 6.01. The number of nitrogens with one attached hydrogen (secondary N) is 2. The molecular weight excluding hydrogens is 312 g/mol. The van der Waals surface area contributed by atoms with Crippen LogP contribution in [0.5, 0.6) is 0 Å². The SMILES string of the molecule is Cc1ccc(NC(=O)CC(=O)NC(C)c2ccccc2)cc1Cl. The monoisotopic (exact) mass is 330 g/mol. The smallest absolute Gasteiger partial charge is 0.233 e. The number of hydrogen-bond donors (Lipinski definition) is 2. The summed E-state index contributed by atoms with van der Waals surface area (Å²) in [5.74, 6) is -0.695. The highest BCUT2D eigenvalue weighted by Crippen LogP contribution is 2.20. The molecule has 0 bridgehead atoms. The van der Waals surface area contributed by atoms with E-state index in [4.69, 9.17) is 11.6 Å². The van der Waals surface area contributed by atoms with E-state index < -0.39 is 0 Å². The standard InChI is InChI=1S/C18H19ClN2O2/c1-12-8-9-15(10-16(12)19)21-18(23)11-17(22)20-13(2)14-6-4-3-5-7-14/h3-10,13H,11H2,1-2H3,(H,20,22)(H,21,23). The normalized spacial score (nSPS) is 11.6. The van der Waals surface area contributed by atoms with E-state index in [9.17, 15) is 9.59 Å². The molecule has 0 aliphatic rings. The number of rotatable bonds is 5. The number of hydrogen-bond acceptors (Lipinski definition) is 2. The summed E-state index contributed by atoms with van der Waals surface area (Å²) in [6, 6.07) is 14.7. The zero-order valence-electron chi connectivity index (χ0n) is 13.1. The minimum absolute atomic E-state index is 0.148. The highest BCUT2D eigenvalue weighted by molar-refractivity contribution is 6.31. The minimum atomic E-state index is -0.373. The molecule has 0 fully saturated rings. The lowest BCUT2D eigenvalue weighted by molar-refractivity contribution is -0.127. The van der Waals surface area contributed by atoms with Crippen LogP contribution in [0.15, 0.2) is 48.5 Å². The molecule has 2 aromatic rings. The van der Waals surface area contributed by atoms with Gasteiger partial charge >= 0.3 is 0 Å². The van der Waals surface area contributed by atoms with Crippen molar-refractivity contribution in [3.05, 3.63) is 64.7 Å². The van der Waals surface area contributed by atoms with E-state index in [-0.39, 0.29) is 24.3 Å². The van der Waals surface area contributed by atoms with E-state index in [1.54, 1.807) is 12.1 Å². The number of benzene rings is 2. The number of amides is 2. The van der Waals surface area contributed by atoms with Gasteiger partial charge in [-0.2, -0.15) is 0 Å². The Balaban J connectivity index is 1.87. The van der Waals surface area contributed by atoms with Crippen LogP contribution in [0.3, 0.4) is 0 Å². The second-order valence-electron chi connectivity index (χ2n) is 5.39. The Labute approximate surface area is 140 Å². The molecule has 1 unspecified atom stereocenters. The Morgan fingerprint density at radius 3 is 2.43 bits per heavy atom. The van der Waals surface area contributed by atoms with Crippen LogP contribution in [-0.2, 0) is 9.59 Å². The van der Waals surface area contributed by atoms with Crippen molar-refractivity contribution in [2.45, 2.75) is 26.3 Å². The third-order valence-corrected chi connectivity index (χ3v) is 3.86. The molecule has 1 atom stereocenters. The molecule has 4 nitrogen and oxygen atoms in total. The molecule has 2 N–H and O–H groups in total. The summed E-state index contributed by atoms with van der Waals surface area (Å²) in [6.07, 6.45) is -0.233. The summed E-state index contributed by atoms with van der Waals surface area (Å²) in [6.45, 7) is 3.76. The maximum atomic E-state index is 12.0. The van der Waals surface area contributed by atoms with Gasteiger partial charge in [0.05, 0.1) is 6.04 Å². The van der Waals surface area contributed by atoms with Gasteiger partial charge in [-0.05, 0) is 37.1 Å². The zero-order chi connectivity index (χ0) is 16.8. The predicted octanol–water partition coefficient (Wildman–Crippen LogP) is 3.85. The van der Waals surface area contributed by atoms with Gasteiger partial charge in [0.25, 0.3) is 0 Å². The fourth-order valence-corrected chi connectivity index (χ4v) is 2.32. The second kappa shape index (κ2) is 7.79. The number of carbonyl (C=O) groups excluding carboxylic acids is 2. The lowest BCUT2D eigenvalue weighted by atomic mass is 10.1. The Kier molecular flexibility index (Phi) is 5.77. The molecule has 0 saturated carbocycles. The molecule has 0 heterocycles. The van der Waals surface area contributed by atoms with Crippen molar-refractivity contribution in [2.75, 3.05) is 5.32 Å². The van der Waals surface area contributed by atoms with Gasteiger partial charge in [-0.15, -0.1) is 0 Å². The van der Waals surface area contributed by atoms with Gasteiger partial charge in [0.1, 0.15) is 6.42 Å². The summed E-state index contributed by atoms with van der Waals surface area (Å²) in [5.41, 5.74) is 2.50. The van der Waals surface area contributed by atoms with Gasteiger partial charge in [-0.3, -0.25) is 9.59 Å². The first kappa shape index (κ1) is 17.0. The van der Waals surface area contributed by atoms with Crippen LogP contribution in [0.1, 0.15) is 30.5 Å². The maximum Gasteiger partial charge on any atom is 0.233 e. The molecule has 5 heteroatoms. The van der Waals surface area contributed by atoms with Gasteiger partial charge < -0.3 is 10.6 Å². The van der Waals surface area contributed by atoms with Crippen LogP contribution >= 0.6 is 11.6 Å². The van der Waals surface area contributed by atoms with Crippen LogP contribution in [0.2, 0.25) is 5.02 Å². The zero-order valence-corrected chi connectivity index (χ0v) is 13.9. The first-order valence-electron chi connectivity index (χ1n) is 7.36. The number of carbonyl (C=O) groups is 2. The summed E-state index contributed by atoms with van der Waals surface area (Å²) < 4.78 is 0. The molecule has 0 saturated heterocycles. The topological polar surface area (TPSA) is 58.2 Å². The highest BCUT2D eigenvalue weighted by Gasteiger charge is 2.13. The van der Waals surface area contributed by atoms with Crippen LogP contribution in [0.4, 0.5) is 5.69 Å². The third kappa shape index (κ3) is 5.11. The van der Waals surface area contributed by atoms with E-state index in [1.807, 2.05) is 50.2 Å². The van der Waals surface area contributed by atoms with Crippen LogP contribution < -0.4 is 10.6 Å². The van der Waals surface area contributed by atoms with Gasteiger partial charge in [-0.25, -0.2) is 0 Å². The summed E-state index contributed by atoms with van der Waals surface area (Å²) in [5, 5.41) is 6.05. The third-order valence-electron chi connectivity index (χ3n) is 3.45. The highest BCUT2D eigenvalue weighted by atomic mass is 35.5. The fourth-order valence-electron chi connectivity index (χ4n) is 2.14. The molecule has 23 heavy (non-hydrogen) atoms. The van der Waals surface area contributed by atoms with E-state index in [0.29, 0.717) is 10.7 Å². The molecule has 0 aliphatic carbocycles. The second-order valence-corrected chi connectivity index (χ2v) is 5.80. The van der Waals surface area contributed by atoms with Gasteiger partial charge in [0.2, 0.25) is 11.8 Å². The molecule has 2 rings (SSSR count). The van der Waals surface area contributed by atoms with E-state index in [0.717, 1.165) is 11.1 Å². The first-order chi connectivity index (χ1) is 11.0. The van der Waals surface area contributed by atoms with Crippen molar-refractivity contribution in [1.82, 2.24) is 5.32 Å².